The monoisotopic (exact) mass is 788 g/mol. The number of ether oxygens (including phenoxy) is 2. The molecule has 9 nitrogen and oxygen atoms in total. The summed E-state index contributed by atoms with van der Waals surface area (Å²) in [6, 6.07) is 2.73. The topological polar surface area (TPSA) is 125 Å². The van der Waals surface area contributed by atoms with E-state index in [0.717, 1.165) is 0 Å². The Bertz CT molecular complexity index is 736. The van der Waals surface area contributed by atoms with Crippen molar-refractivity contribution in [3.05, 3.63) is 28.6 Å². The number of carbonyl (C=O) groups excluding carboxylic acids is 2. The van der Waals surface area contributed by atoms with Gasteiger partial charge in [0.25, 0.3) is 0 Å². The van der Waals surface area contributed by atoms with Gasteiger partial charge in [0, 0.05) is 106 Å². The Morgan fingerprint density at radius 1 is 1.54 bits per heavy atom. The molecule has 0 aliphatic carbocycles. The van der Waals surface area contributed by atoms with E-state index >= 15 is 0 Å². The number of nitrogens with zero attached hydrogens (tertiary/aromatic N) is 2. The fraction of sp³-hybridized carbons (Fsp3) is 0.467. The first kappa shape index (κ1) is 22.8. The van der Waals surface area contributed by atoms with E-state index in [9.17, 15) is 14.7 Å². The fourth-order valence-corrected chi connectivity index (χ4v) is 3.54. The third-order valence-corrected chi connectivity index (χ3v) is 4.67. The Labute approximate surface area is 221 Å². The van der Waals surface area contributed by atoms with Gasteiger partial charge in [-0.25, -0.2) is 9.63 Å². The van der Waals surface area contributed by atoms with Crippen LogP contribution in [0.5, 0.6) is 5.75 Å². The van der Waals surface area contributed by atoms with Gasteiger partial charge in [-0.3, -0.25) is 9.86 Å². The molecule has 2 radical (unpaired) electrons. The number of methoxy groups -OCH3 is 1. The van der Waals surface area contributed by atoms with Crippen LogP contribution in [0.15, 0.2) is 12.1 Å². The molecule has 1 aromatic rings. The summed E-state index contributed by atoms with van der Waals surface area (Å²) in [6.07, 6.45) is -0.251. The Hall–Kier alpha value is 0.523. The van der Waals surface area contributed by atoms with Crippen molar-refractivity contribution in [2.24, 2.45) is 5.73 Å². The molecule has 4 atom stereocenters. The van der Waals surface area contributed by atoms with Gasteiger partial charge in [0.05, 0.1) is 18.7 Å². The van der Waals surface area contributed by atoms with Gasteiger partial charge in [0.2, 0.25) is 0 Å². The van der Waals surface area contributed by atoms with Crippen LogP contribution in [0.4, 0.5) is 10.5 Å². The molecule has 0 saturated carbocycles. The number of benzene rings is 1. The first-order valence-corrected chi connectivity index (χ1v) is 7.46. The normalized spacial score (nSPS) is 29.9. The number of carbonyl (C=O) groups is 2. The maximum atomic E-state index is 11.2. The van der Waals surface area contributed by atoms with Crippen molar-refractivity contribution >= 4 is 18.1 Å². The van der Waals surface area contributed by atoms with E-state index in [1.165, 1.54) is 12.2 Å². The zero-order valence-electron chi connectivity index (χ0n) is 14.0. The van der Waals surface area contributed by atoms with E-state index in [1.54, 1.807) is 12.1 Å². The van der Waals surface area contributed by atoms with Gasteiger partial charge < -0.3 is 25.6 Å². The summed E-state index contributed by atoms with van der Waals surface area (Å²) in [5.74, 6) is -1.99. The van der Waals surface area contributed by atoms with Crippen LogP contribution in [0.25, 0.3) is 5.32 Å². The second kappa shape index (κ2) is 8.49. The van der Waals surface area contributed by atoms with Crippen LogP contribution in [0.2, 0.25) is 0 Å². The minimum absolute atomic E-state index is 0. The molecule has 1 amide bonds. The molecule has 1 aromatic carbocycles. The summed E-state index contributed by atoms with van der Waals surface area (Å²) in [4.78, 5) is 28.0. The number of nitrogens with two attached hydrogens (primary N) is 1. The smallest absolute Gasteiger partial charge is 0.404 e. The molecule has 0 spiro atoms. The summed E-state index contributed by atoms with van der Waals surface area (Å²) in [5.41, 5.74) is 6.65. The number of aldehydes is 1. The van der Waals surface area contributed by atoms with Crippen molar-refractivity contribution in [2.75, 3.05) is 25.3 Å². The maximum Gasteiger partial charge on any atom is 0.404 e. The van der Waals surface area contributed by atoms with Gasteiger partial charge >= 0.3 is 6.09 Å². The predicted molar refractivity (Wildman–Crippen MR) is 81.0 cm³/mol. The zero-order chi connectivity index (χ0) is 17.1. The van der Waals surface area contributed by atoms with Crippen LogP contribution < -0.4 is 15.5 Å². The number of fused-ring (bicyclic) bond motifs is 6. The molecule has 3 aliphatic heterocycles. The summed E-state index contributed by atoms with van der Waals surface area (Å²) < 4.78 is 10.3. The molecule has 3 N–H and O–H groups in total. The summed E-state index contributed by atoms with van der Waals surface area (Å²) in [7, 11) is 1.46. The van der Waals surface area contributed by atoms with Gasteiger partial charge in [-0.2, -0.15) is 0 Å². The van der Waals surface area contributed by atoms with E-state index in [4.69, 9.17) is 20.0 Å². The van der Waals surface area contributed by atoms with E-state index in [-0.39, 0.29) is 101 Å². The molecule has 3 aliphatic rings. The van der Waals surface area contributed by atoms with Crippen molar-refractivity contribution in [1.29, 1.82) is 0 Å². The predicted octanol–water partition coefficient (Wildman–Crippen LogP) is 0.265. The molecule has 4 rings (SSSR count). The minimum atomic E-state index is -1.65. The quantitative estimate of drug-likeness (QED) is 0.332. The molecule has 134 valence electrons. The number of anilines is 1. The number of hydrogen-bond donors (Lipinski definition) is 2. The molecule has 11 heteroatoms. The largest absolute Gasteiger partial charge is 0.653 e. The van der Waals surface area contributed by atoms with E-state index in [2.05, 4.69) is 5.32 Å². The van der Waals surface area contributed by atoms with Crippen molar-refractivity contribution in [3.8, 4) is 5.75 Å². The fourth-order valence-electron chi connectivity index (χ4n) is 3.54. The Balaban J connectivity index is 0.00000121. The zero-order valence-corrected chi connectivity index (χ0v) is 23.5. The van der Waals surface area contributed by atoms with Crippen LogP contribution in [0.3, 0.4) is 0 Å². The van der Waals surface area contributed by atoms with Crippen LogP contribution in [0.1, 0.15) is 21.8 Å². The SMILES string of the molecule is COc1cc(C=O)cc2c1C(COC(N)=O)C1(O)ON2CC2[N-]C21.[Ac].[Ac]. The summed E-state index contributed by atoms with van der Waals surface area (Å²) >= 11 is 0. The molecule has 2 bridgehead atoms. The Kier molecular flexibility index (Phi) is 7.45. The Morgan fingerprint density at radius 3 is 2.88 bits per heavy atom. The number of aliphatic hydroxyl groups is 1. The van der Waals surface area contributed by atoms with Crippen LogP contribution in [0, 0.1) is 88.1 Å². The van der Waals surface area contributed by atoms with E-state index < -0.39 is 23.8 Å². The van der Waals surface area contributed by atoms with Gasteiger partial charge in [-0.05, 0) is 12.1 Å². The number of hydrogen-bond acceptors (Lipinski definition) is 7. The third kappa shape index (κ3) is 3.70. The van der Waals surface area contributed by atoms with E-state index in [1.807, 2.05) is 0 Å². The number of primary amides is 1. The van der Waals surface area contributed by atoms with Gasteiger partial charge in [0.1, 0.15) is 18.6 Å². The first-order chi connectivity index (χ1) is 11.5. The molecule has 2 fully saturated rings. The van der Waals surface area contributed by atoms with Crippen LogP contribution in [-0.2, 0) is 9.57 Å². The molecule has 3 heterocycles. The number of hydroxylamine groups is 1. The van der Waals surface area contributed by atoms with Crippen molar-refractivity contribution in [2.45, 2.75) is 23.8 Å². The second-order valence-corrected chi connectivity index (χ2v) is 6.02. The van der Waals surface area contributed by atoms with Crippen molar-refractivity contribution in [1.82, 2.24) is 0 Å². The maximum absolute atomic E-state index is 11.2. The van der Waals surface area contributed by atoms with Crippen LogP contribution in [-0.4, -0.2) is 55.6 Å². The molecule has 26 heavy (non-hydrogen) atoms. The first-order valence-electron chi connectivity index (χ1n) is 7.46. The minimum Gasteiger partial charge on any atom is -0.653 e. The third-order valence-electron chi connectivity index (χ3n) is 4.67. The molecule has 2 saturated heterocycles. The van der Waals surface area contributed by atoms with Crippen molar-refractivity contribution < 1.29 is 117 Å². The standard InChI is InChI=1S/C15H16N3O6.2Ac/c1-22-11-3-7(5-19)2-10-12(11)8(6-23-14(16)20)15(21)13-9(17-13)4-18(10)24-15;;/h2-3,5,8-9,13,21H,4,6H2,1H3,(H2,16,20);;/q-1;;. The number of amides is 1. The summed E-state index contributed by atoms with van der Waals surface area (Å²) in [5, 5.41) is 16.9. The van der Waals surface area contributed by atoms with E-state index in [0.29, 0.717) is 35.4 Å². The summed E-state index contributed by atoms with van der Waals surface area (Å²) in [6.45, 7) is 0.275. The second-order valence-electron chi connectivity index (χ2n) is 6.02. The number of rotatable bonds is 4. The average molecular weight is 788 g/mol. The van der Waals surface area contributed by atoms with Crippen molar-refractivity contribution in [3.63, 3.8) is 0 Å². The molecule has 4 unspecified atom stereocenters. The molecule has 0 aromatic heterocycles. The van der Waals surface area contributed by atoms with Crippen LogP contribution >= 0.6 is 0 Å². The Morgan fingerprint density at radius 2 is 2.27 bits per heavy atom. The molecular formula is C15H16Ac2N3O6-. The average Bonchev–Trinajstić information content (AvgIpc) is 3.34. The van der Waals surface area contributed by atoms with Gasteiger partial charge in [-0.15, -0.1) is 6.04 Å². The van der Waals surface area contributed by atoms with Gasteiger partial charge in [0.15, 0.2) is 5.79 Å². The van der Waals surface area contributed by atoms with Gasteiger partial charge in [-0.1, -0.05) is 6.04 Å². The molecular weight excluding hydrogens is 772 g/mol.